The molecule has 7 heteroatoms. The molecule has 1 aliphatic heterocycles. The summed E-state index contributed by atoms with van der Waals surface area (Å²) in [5, 5.41) is 0. The van der Waals surface area contributed by atoms with Crippen LogP contribution in [0.15, 0.2) is 33.6 Å². The highest BCUT2D eigenvalue weighted by molar-refractivity contribution is 9.10. The first kappa shape index (κ1) is 16.9. The van der Waals surface area contributed by atoms with Crippen molar-refractivity contribution >= 4 is 26.0 Å². The third-order valence-electron chi connectivity index (χ3n) is 3.67. The number of rotatable bonds is 5. The lowest BCUT2D eigenvalue weighted by atomic mass is 10.0. The van der Waals surface area contributed by atoms with E-state index >= 15 is 0 Å². The summed E-state index contributed by atoms with van der Waals surface area (Å²) in [5.74, 6) is 0. The molecule has 0 saturated carbocycles. The molecule has 0 unspecified atom stereocenters. The zero-order valence-electron chi connectivity index (χ0n) is 12.3. The molecule has 0 amide bonds. The molecule has 1 N–H and O–H groups in total. The van der Waals surface area contributed by atoms with Crippen LogP contribution in [-0.2, 0) is 14.8 Å². The van der Waals surface area contributed by atoms with Crippen molar-refractivity contribution < 1.29 is 13.2 Å². The van der Waals surface area contributed by atoms with E-state index in [1.165, 1.54) is 0 Å². The number of halogens is 1. The van der Waals surface area contributed by atoms with Gasteiger partial charge in [0.25, 0.3) is 0 Å². The average Bonchev–Trinajstić information content (AvgIpc) is 2.46. The molecule has 1 saturated heterocycles. The predicted molar refractivity (Wildman–Crippen MR) is 85.8 cm³/mol. The summed E-state index contributed by atoms with van der Waals surface area (Å²) in [4.78, 5) is 2.52. The summed E-state index contributed by atoms with van der Waals surface area (Å²) in [6.45, 7) is 7.49. The average molecular weight is 377 g/mol. The molecule has 1 aromatic rings. The van der Waals surface area contributed by atoms with Gasteiger partial charge in [-0.3, -0.25) is 4.90 Å². The number of morpholine rings is 1. The van der Waals surface area contributed by atoms with E-state index in [0.29, 0.717) is 19.8 Å². The van der Waals surface area contributed by atoms with E-state index in [4.69, 9.17) is 4.74 Å². The zero-order valence-corrected chi connectivity index (χ0v) is 14.7. The van der Waals surface area contributed by atoms with Crippen LogP contribution in [0.5, 0.6) is 0 Å². The second-order valence-electron chi connectivity index (χ2n) is 5.69. The Bertz CT molecular complexity index is 584. The van der Waals surface area contributed by atoms with Gasteiger partial charge in [-0.2, -0.15) is 0 Å². The Morgan fingerprint density at radius 1 is 1.33 bits per heavy atom. The summed E-state index contributed by atoms with van der Waals surface area (Å²) in [6, 6.07) is 6.71. The van der Waals surface area contributed by atoms with Crippen LogP contribution in [0.25, 0.3) is 0 Å². The lowest BCUT2D eigenvalue weighted by Crippen LogP contribution is -2.55. The first-order chi connectivity index (χ1) is 9.81. The Labute approximate surface area is 134 Å². The Hall–Kier alpha value is -0.470. The van der Waals surface area contributed by atoms with E-state index in [0.717, 1.165) is 17.6 Å². The van der Waals surface area contributed by atoms with E-state index in [2.05, 4.69) is 25.6 Å². The third-order valence-corrected chi connectivity index (χ3v) is 5.56. The Balaban J connectivity index is 2.03. The maximum Gasteiger partial charge on any atom is 0.240 e. The third kappa shape index (κ3) is 4.50. The quantitative estimate of drug-likeness (QED) is 0.851. The van der Waals surface area contributed by atoms with Crippen LogP contribution >= 0.6 is 15.9 Å². The van der Waals surface area contributed by atoms with Crippen molar-refractivity contribution in [2.75, 3.05) is 32.8 Å². The van der Waals surface area contributed by atoms with E-state index < -0.39 is 10.0 Å². The van der Waals surface area contributed by atoms with Crippen LogP contribution in [0.1, 0.15) is 13.8 Å². The van der Waals surface area contributed by atoms with Gasteiger partial charge >= 0.3 is 0 Å². The topological polar surface area (TPSA) is 58.6 Å². The largest absolute Gasteiger partial charge is 0.379 e. The molecule has 0 aliphatic carbocycles. The molecular weight excluding hydrogens is 356 g/mol. The lowest BCUT2D eigenvalue weighted by molar-refractivity contribution is -0.00803. The first-order valence-corrected chi connectivity index (χ1v) is 9.17. The van der Waals surface area contributed by atoms with Crippen molar-refractivity contribution in [3.8, 4) is 0 Å². The lowest BCUT2D eigenvalue weighted by Gasteiger charge is -2.40. The maximum atomic E-state index is 12.3. The molecule has 5 nitrogen and oxygen atoms in total. The van der Waals surface area contributed by atoms with Crippen LogP contribution in [0, 0.1) is 0 Å². The van der Waals surface area contributed by atoms with Gasteiger partial charge in [0.15, 0.2) is 0 Å². The number of benzene rings is 1. The smallest absolute Gasteiger partial charge is 0.240 e. The number of ether oxygens (including phenoxy) is 1. The molecule has 21 heavy (non-hydrogen) atoms. The molecule has 1 aromatic carbocycles. The zero-order chi connectivity index (χ0) is 15.5. The Morgan fingerprint density at radius 2 is 2.00 bits per heavy atom. The van der Waals surface area contributed by atoms with Crippen molar-refractivity contribution in [2.24, 2.45) is 0 Å². The van der Waals surface area contributed by atoms with Gasteiger partial charge < -0.3 is 4.74 Å². The number of hydrogen-bond acceptors (Lipinski definition) is 4. The minimum absolute atomic E-state index is 0.247. The highest BCUT2D eigenvalue weighted by Gasteiger charge is 2.29. The molecule has 0 aromatic heterocycles. The minimum atomic E-state index is -3.49. The van der Waals surface area contributed by atoms with Crippen LogP contribution in [0.2, 0.25) is 0 Å². The molecule has 2 rings (SSSR count). The standard InChI is InChI=1S/C14H21BrN2O3S/c1-14(2,17-6-8-20-9-7-17)11-16-21(18,19)13-5-3-4-12(15)10-13/h3-5,10,16H,6-9,11H2,1-2H3. The molecule has 0 spiro atoms. The van der Waals surface area contributed by atoms with Crippen molar-refractivity contribution in [2.45, 2.75) is 24.3 Å². The van der Waals surface area contributed by atoms with Crippen LogP contribution in [0.4, 0.5) is 0 Å². The second-order valence-corrected chi connectivity index (χ2v) is 8.38. The fourth-order valence-corrected chi connectivity index (χ4v) is 4.07. The predicted octanol–water partition coefficient (Wildman–Crippen LogP) is 1.84. The molecule has 1 fully saturated rings. The van der Waals surface area contributed by atoms with Gasteiger partial charge in [0, 0.05) is 29.6 Å². The van der Waals surface area contributed by atoms with Gasteiger partial charge in [-0.1, -0.05) is 22.0 Å². The molecule has 0 radical (unpaired) electrons. The van der Waals surface area contributed by atoms with Gasteiger partial charge in [0.05, 0.1) is 18.1 Å². The monoisotopic (exact) mass is 376 g/mol. The summed E-state index contributed by atoms with van der Waals surface area (Å²) in [7, 11) is -3.49. The summed E-state index contributed by atoms with van der Waals surface area (Å²) in [5.41, 5.74) is -0.247. The Morgan fingerprint density at radius 3 is 2.62 bits per heavy atom. The van der Waals surface area contributed by atoms with Crippen LogP contribution < -0.4 is 4.72 Å². The second kappa shape index (κ2) is 6.75. The highest BCUT2D eigenvalue weighted by atomic mass is 79.9. The SMILES string of the molecule is CC(C)(CNS(=O)(=O)c1cccc(Br)c1)N1CCOCC1. The van der Waals surface area contributed by atoms with Crippen molar-refractivity contribution in [3.05, 3.63) is 28.7 Å². The number of sulfonamides is 1. The molecule has 1 heterocycles. The minimum Gasteiger partial charge on any atom is -0.379 e. The van der Waals surface area contributed by atoms with E-state index in [1.807, 2.05) is 13.8 Å². The number of hydrogen-bond donors (Lipinski definition) is 1. The van der Waals surface area contributed by atoms with E-state index in [9.17, 15) is 8.42 Å². The van der Waals surface area contributed by atoms with Crippen molar-refractivity contribution in [3.63, 3.8) is 0 Å². The van der Waals surface area contributed by atoms with E-state index in [1.54, 1.807) is 24.3 Å². The van der Waals surface area contributed by atoms with Crippen molar-refractivity contribution in [1.82, 2.24) is 9.62 Å². The number of nitrogens with zero attached hydrogens (tertiary/aromatic N) is 1. The van der Waals surface area contributed by atoms with Crippen LogP contribution in [-0.4, -0.2) is 51.7 Å². The maximum absolute atomic E-state index is 12.3. The molecule has 1 aliphatic rings. The first-order valence-electron chi connectivity index (χ1n) is 6.89. The van der Waals surface area contributed by atoms with E-state index in [-0.39, 0.29) is 10.4 Å². The van der Waals surface area contributed by atoms with Gasteiger partial charge in [-0.25, -0.2) is 13.1 Å². The molecule has 0 atom stereocenters. The van der Waals surface area contributed by atoms with Gasteiger partial charge in [0.1, 0.15) is 0 Å². The molecule has 0 bridgehead atoms. The molecule has 118 valence electrons. The summed E-state index contributed by atoms with van der Waals surface area (Å²) >= 11 is 3.29. The van der Waals surface area contributed by atoms with Crippen LogP contribution in [0.3, 0.4) is 0 Å². The van der Waals surface area contributed by atoms with Crippen molar-refractivity contribution in [1.29, 1.82) is 0 Å². The fraction of sp³-hybridized carbons (Fsp3) is 0.571. The highest BCUT2D eigenvalue weighted by Crippen LogP contribution is 2.18. The Kier molecular flexibility index (Phi) is 5.43. The van der Waals surface area contributed by atoms with Gasteiger partial charge in [-0.15, -0.1) is 0 Å². The number of nitrogens with one attached hydrogen (secondary N) is 1. The van der Waals surface area contributed by atoms with Gasteiger partial charge in [0.2, 0.25) is 10.0 Å². The summed E-state index contributed by atoms with van der Waals surface area (Å²) in [6.07, 6.45) is 0. The normalized spacial score (nSPS) is 17.9. The van der Waals surface area contributed by atoms with Gasteiger partial charge in [-0.05, 0) is 32.0 Å². The summed E-state index contributed by atoms with van der Waals surface area (Å²) < 4.78 is 33.5. The fourth-order valence-electron chi connectivity index (χ4n) is 2.27. The molecular formula is C14H21BrN2O3S.